The summed E-state index contributed by atoms with van der Waals surface area (Å²) >= 11 is 0. The van der Waals surface area contributed by atoms with Crippen LogP contribution in [0, 0.1) is 10.8 Å². The molecule has 0 fully saturated rings. The largest absolute Gasteiger partial charge is 0.244 e. The van der Waals surface area contributed by atoms with E-state index in [0.717, 1.165) is 18.7 Å². The van der Waals surface area contributed by atoms with Crippen LogP contribution in [0.1, 0.15) is 101 Å². The smallest absolute Gasteiger partial charge is 0.230 e. The molecule has 0 unspecified atom stereocenters. The van der Waals surface area contributed by atoms with Crippen LogP contribution in [0.15, 0.2) is 53.8 Å². The van der Waals surface area contributed by atoms with Gasteiger partial charge in [0.05, 0.1) is 0 Å². The molecule has 0 aromatic heterocycles. The zero-order chi connectivity index (χ0) is 26.3. The number of hydrogen-bond donors (Lipinski definition) is 0. The minimum atomic E-state index is 0.0385. The van der Waals surface area contributed by atoms with E-state index in [2.05, 4.69) is 143 Å². The lowest BCUT2D eigenvalue weighted by atomic mass is 9.80. The highest BCUT2D eigenvalue weighted by molar-refractivity contribution is 5.60. The molecule has 2 nitrogen and oxygen atoms in total. The Labute approximate surface area is 211 Å². The first kappa shape index (κ1) is 28.1. The Morgan fingerprint density at radius 2 is 1.29 bits per heavy atom. The van der Waals surface area contributed by atoms with Gasteiger partial charge >= 0.3 is 0 Å². The van der Waals surface area contributed by atoms with Gasteiger partial charge in [-0.1, -0.05) is 101 Å². The van der Waals surface area contributed by atoms with Gasteiger partial charge in [-0.2, -0.15) is 0 Å². The average Bonchev–Trinajstić information content (AvgIpc) is 3.14. The van der Waals surface area contributed by atoms with Gasteiger partial charge in [0.1, 0.15) is 24.5 Å². The van der Waals surface area contributed by atoms with Crippen molar-refractivity contribution in [1.29, 1.82) is 0 Å². The SMILES string of the molecule is C=C(/C=C(\C=C(/C)C(C)(C)C)N1C=[N+](c2cc(C(C)(C)C)cc(C(C)(C)C)c2)CC1)C(C)(C)C. The number of benzene rings is 1. The first-order valence-electron chi connectivity index (χ1n) is 12.8. The zero-order valence-corrected chi connectivity index (χ0v) is 24.5. The Bertz CT molecular complexity index is 971. The maximum Gasteiger partial charge on any atom is 0.244 e. The zero-order valence-electron chi connectivity index (χ0n) is 24.5. The van der Waals surface area contributed by atoms with Crippen LogP contribution in [0.5, 0.6) is 0 Å². The van der Waals surface area contributed by atoms with Gasteiger partial charge in [-0.15, -0.1) is 0 Å². The molecule has 0 saturated heterocycles. The highest BCUT2D eigenvalue weighted by Gasteiger charge is 2.28. The Morgan fingerprint density at radius 1 is 0.794 bits per heavy atom. The van der Waals surface area contributed by atoms with E-state index >= 15 is 0 Å². The number of hydrogen-bond acceptors (Lipinski definition) is 1. The van der Waals surface area contributed by atoms with E-state index in [1.807, 2.05) is 0 Å². The van der Waals surface area contributed by atoms with Crippen LogP contribution < -0.4 is 0 Å². The molecule has 0 amide bonds. The van der Waals surface area contributed by atoms with Crippen LogP contribution in [0.25, 0.3) is 0 Å². The molecule has 1 aliphatic rings. The normalized spacial score (nSPS) is 16.7. The number of nitrogens with zero attached hydrogens (tertiary/aromatic N) is 2. The van der Waals surface area contributed by atoms with Crippen molar-refractivity contribution in [3.8, 4) is 0 Å². The molecule has 1 heterocycles. The summed E-state index contributed by atoms with van der Waals surface area (Å²) in [6.07, 6.45) is 6.92. The fourth-order valence-corrected chi connectivity index (χ4v) is 3.57. The summed E-state index contributed by atoms with van der Waals surface area (Å²) in [5.41, 5.74) is 8.19. The van der Waals surface area contributed by atoms with Crippen LogP contribution in [0.4, 0.5) is 5.69 Å². The molecular formula is C32H51N2+. The van der Waals surface area contributed by atoms with Gasteiger partial charge in [-0.3, -0.25) is 0 Å². The first-order valence-corrected chi connectivity index (χ1v) is 12.8. The lowest BCUT2D eigenvalue weighted by Gasteiger charge is -2.25. The molecule has 1 aliphatic heterocycles. The Kier molecular flexibility index (Phi) is 7.88. The van der Waals surface area contributed by atoms with Crippen molar-refractivity contribution in [2.45, 2.75) is 101 Å². The second-order valence-electron chi connectivity index (χ2n) is 14.2. The maximum absolute atomic E-state index is 4.40. The van der Waals surface area contributed by atoms with E-state index in [-0.39, 0.29) is 21.7 Å². The van der Waals surface area contributed by atoms with E-state index in [4.69, 9.17) is 0 Å². The van der Waals surface area contributed by atoms with Crippen LogP contribution >= 0.6 is 0 Å². The predicted molar refractivity (Wildman–Crippen MR) is 151 cm³/mol. The molecule has 1 aromatic rings. The van der Waals surface area contributed by atoms with Gasteiger partial charge < -0.3 is 0 Å². The monoisotopic (exact) mass is 463 g/mol. The van der Waals surface area contributed by atoms with E-state index in [9.17, 15) is 0 Å². The highest BCUT2D eigenvalue weighted by Crippen LogP contribution is 2.34. The maximum atomic E-state index is 4.40. The van der Waals surface area contributed by atoms with Gasteiger partial charge in [-0.05, 0) is 69.6 Å². The second kappa shape index (κ2) is 9.51. The fraction of sp³-hybridized carbons (Fsp3) is 0.594. The first-order chi connectivity index (χ1) is 15.2. The molecule has 0 aliphatic carbocycles. The predicted octanol–water partition coefficient (Wildman–Crippen LogP) is 8.75. The number of rotatable bonds is 4. The quantitative estimate of drug-likeness (QED) is 0.319. The lowest BCUT2D eigenvalue weighted by molar-refractivity contribution is -0.424. The Balaban J connectivity index is 2.60. The molecule has 0 spiro atoms. The number of allylic oxidation sites excluding steroid dienone is 4. The average molecular weight is 464 g/mol. The summed E-state index contributed by atoms with van der Waals surface area (Å²) < 4.78 is 2.42. The van der Waals surface area contributed by atoms with Crippen molar-refractivity contribution in [1.82, 2.24) is 4.90 Å². The Morgan fingerprint density at radius 3 is 1.71 bits per heavy atom. The van der Waals surface area contributed by atoms with Crippen LogP contribution in [0.3, 0.4) is 0 Å². The van der Waals surface area contributed by atoms with Crippen molar-refractivity contribution in [3.63, 3.8) is 0 Å². The van der Waals surface area contributed by atoms with Crippen LogP contribution in [-0.2, 0) is 10.8 Å². The summed E-state index contributed by atoms with van der Waals surface area (Å²) in [5.74, 6) is 0. The third-order valence-corrected chi connectivity index (χ3v) is 7.01. The van der Waals surface area contributed by atoms with E-state index < -0.39 is 0 Å². The highest BCUT2D eigenvalue weighted by atomic mass is 15.3. The molecule has 0 radical (unpaired) electrons. The van der Waals surface area contributed by atoms with E-state index in [1.54, 1.807) is 0 Å². The molecule has 2 rings (SSSR count). The van der Waals surface area contributed by atoms with Gasteiger partial charge in [-0.25, -0.2) is 9.48 Å². The molecule has 0 N–H and O–H groups in total. The third-order valence-electron chi connectivity index (χ3n) is 7.01. The lowest BCUT2D eigenvalue weighted by Crippen LogP contribution is -2.20. The molecule has 0 saturated carbocycles. The van der Waals surface area contributed by atoms with Gasteiger partial charge in [0.15, 0.2) is 0 Å². The summed E-state index contributed by atoms with van der Waals surface area (Å²) in [6.45, 7) is 35.9. The van der Waals surface area contributed by atoms with Crippen molar-refractivity contribution >= 4 is 12.0 Å². The van der Waals surface area contributed by atoms with Crippen LogP contribution in [-0.4, -0.2) is 28.9 Å². The summed E-state index contributed by atoms with van der Waals surface area (Å²) in [5, 5.41) is 0. The molecular weight excluding hydrogens is 412 g/mol. The molecule has 0 atom stereocenters. The topological polar surface area (TPSA) is 6.25 Å². The molecule has 188 valence electrons. The van der Waals surface area contributed by atoms with Crippen molar-refractivity contribution in [2.75, 3.05) is 13.1 Å². The fourth-order valence-electron chi connectivity index (χ4n) is 3.57. The van der Waals surface area contributed by atoms with E-state index in [0.29, 0.717) is 0 Å². The third kappa shape index (κ3) is 7.20. The summed E-state index contributed by atoms with van der Waals surface area (Å²) in [6, 6.07) is 7.15. The Hall–Kier alpha value is -2.09. The standard InChI is InChI=1S/C32H51N2/c1-23(29(3,4)5)17-27(18-24(2)30(6,7)8)33-15-16-34(22-33)28-20-25(31(9,10)11)19-26(21-28)32(12,13)14/h17-22H,1,15-16H2,2-14H3/q+1/b24-18+,27-17+. The van der Waals surface area contributed by atoms with Gasteiger partial charge in [0.25, 0.3) is 0 Å². The summed E-state index contributed by atoms with van der Waals surface area (Å²) in [4.78, 5) is 2.40. The van der Waals surface area contributed by atoms with Gasteiger partial charge in [0.2, 0.25) is 6.34 Å². The summed E-state index contributed by atoms with van der Waals surface area (Å²) in [7, 11) is 0. The molecule has 2 heteroatoms. The van der Waals surface area contributed by atoms with Crippen molar-refractivity contribution < 1.29 is 4.58 Å². The molecule has 0 bridgehead atoms. The van der Waals surface area contributed by atoms with Crippen molar-refractivity contribution in [3.05, 3.63) is 64.9 Å². The molecule has 34 heavy (non-hydrogen) atoms. The minimum Gasteiger partial charge on any atom is -0.230 e. The molecule has 1 aromatic carbocycles. The van der Waals surface area contributed by atoms with Gasteiger partial charge in [0, 0.05) is 0 Å². The van der Waals surface area contributed by atoms with E-state index in [1.165, 1.54) is 28.1 Å². The second-order valence-corrected chi connectivity index (χ2v) is 14.2. The minimum absolute atomic E-state index is 0.0385. The van der Waals surface area contributed by atoms with Crippen molar-refractivity contribution in [2.24, 2.45) is 10.8 Å². The van der Waals surface area contributed by atoms with Crippen LogP contribution in [0.2, 0.25) is 0 Å².